The van der Waals surface area contributed by atoms with Gasteiger partial charge in [0, 0.05) is 30.2 Å². The molecule has 6 nitrogen and oxygen atoms in total. The molecule has 1 heterocycles. The summed E-state index contributed by atoms with van der Waals surface area (Å²) >= 11 is 7.68. The van der Waals surface area contributed by atoms with Crippen LogP contribution < -0.4 is 15.4 Å². The number of thiazole rings is 1. The first-order chi connectivity index (χ1) is 12.9. The van der Waals surface area contributed by atoms with Gasteiger partial charge in [0.05, 0.1) is 20.8 Å². The zero-order chi connectivity index (χ0) is 19.6. The van der Waals surface area contributed by atoms with E-state index in [0.717, 1.165) is 28.4 Å². The second kappa shape index (κ2) is 8.02. The lowest BCUT2D eigenvalue weighted by Crippen LogP contribution is -2.21. The maximum Gasteiger partial charge on any atom is 0.262 e. The van der Waals surface area contributed by atoms with Crippen molar-refractivity contribution in [1.29, 1.82) is 0 Å². The van der Waals surface area contributed by atoms with Gasteiger partial charge in [-0.15, -0.1) is 0 Å². The average molecular weight is 425 g/mol. The van der Waals surface area contributed by atoms with Crippen LogP contribution in [0.5, 0.6) is 0 Å². The zero-order valence-corrected chi connectivity index (χ0v) is 17.5. The number of nitrogens with one attached hydrogen (secondary N) is 1. The first kappa shape index (κ1) is 19.9. The summed E-state index contributed by atoms with van der Waals surface area (Å²) in [6.45, 7) is 5.93. The van der Waals surface area contributed by atoms with Crippen LogP contribution in [0.15, 0.2) is 41.3 Å². The molecule has 1 aromatic heterocycles. The maximum absolute atomic E-state index is 12.8. The molecule has 0 amide bonds. The highest BCUT2D eigenvalue weighted by Gasteiger charge is 2.20. The van der Waals surface area contributed by atoms with Crippen molar-refractivity contribution in [3.63, 3.8) is 0 Å². The van der Waals surface area contributed by atoms with Crippen molar-refractivity contribution in [2.24, 2.45) is 5.73 Å². The Morgan fingerprint density at radius 1 is 1.22 bits per heavy atom. The quantitative estimate of drug-likeness (QED) is 0.597. The monoisotopic (exact) mass is 424 g/mol. The minimum absolute atomic E-state index is 0.0360. The molecular weight excluding hydrogens is 404 g/mol. The third kappa shape index (κ3) is 4.03. The van der Waals surface area contributed by atoms with E-state index in [1.807, 2.05) is 6.07 Å². The fourth-order valence-electron chi connectivity index (χ4n) is 2.81. The predicted molar refractivity (Wildman–Crippen MR) is 113 cm³/mol. The molecule has 0 aliphatic rings. The summed E-state index contributed by atoms with van der Waals surface area (Å²) in [5.41, 5.74) is 7.28. The average Bonchev–Trinajstić information content (AvgIpc) is 3.05. The fourth-order valence-corrected chi connectivity index (χ4v) is 5.51. The zero-order valence-electron chi connectivity index (χ0n) is 15.1. The highest BCUT2D eigenvalue weighted by atomic mass is 35.5. The summed E-state index contributed by atoms with van der Waals surface area (Å²) in [6.07, 6.45) is 0. The smallest absolute Gasteiger partial charge is 0.262 e. The van der Waals surface area contributed by atoms with Crippen LogP contribution in [0, 0.1) is 0 Å². The van der Waals surface area contributed by atoms with Gasteiger partial charge >= 0.3 is 0 Å². The number of hydrogen-bond acceptors (Lipinski definition) is 6. The summed E-state index contributed by atoms with van der Waals surface area (Å²) in [7, 11) is -3.82. The Morgan fingerprint density at radius 3 is 2.63 bits per heavy atom. The first-order valence-electron chi connectivity index (χ1n) is 8.55. The van der Waals surface area contributed by atoms with Gasteiger partial charge in [0.2, 0.25) is 0 Å². The third-order valence-corrected chi connectivity index (χ3v) is 7.15. The fraction of sp³-hybridized carbons (Fsp3) is 0.278. The van der Waals surface area contributed by atoms with E-state index >= 15 is 0 Å². The molecule has 3 rings (SSSR count). The van der Waals surface area contributed by atoms with Crippen molar-refractivity contribution in [2.75, 3.05) is 22.7 Å². The second-order valence-corrected chi connectivity index (χ2v) is 8.94. The van der Waals surface area contributed by atoms with Gasteiger partial charge < -0.3 is 10.6 Å². The highest BCUT2D eigenvalue weighted by Crippen LogP contribution is 2.31. The van der Waals surface area contributed by atoms with E-state index in [0.29, 0.717) is 16.3 Å². The van der Waals surface area contributed by atoms with Gasteiger partial charge in [-0.25, -0.2) is 13.4 Å². The number of hydrogen-bond donors (Lipinski definition) is 2. The molecule has 3 aromatic rings. The number of nitrogens with zero attached hydrogens (tertiary/aromatic N) is 2. The lowest BCUT2D eigenvalue weighted by atomic mass is 10.2. The Kier molecular flexibility index (Phi) is 5.90. The predicted octanol–water partition coefficient (Wildman–Crippen LogP) is 4.06. The minimum Gasteiger partial charge on any atom is -0.349 e. The van der Waals surface area contributed by atoms with E-state index in [2.05, 4.69) is 28.5 Å². The summed E-state index contributed by atoms with van der Waals surface area (Å²) in [6, 6.07) is 10.1. The van der Waals surface area contributed by atoms with E-state index < -0.39 is 10.0 Å². The van der Waals surface area contributed by atoms with Gasteiger partial charge in [-0.2, -0.15) is 0 Å². The highest BCUT2D eigenvalue weighted by molar-refractivity contribution is 7.92. The lowest BCUT2D eigenvalue weighted by Gasteiger charge is -2.16. The summed E-state index contributed by atoms with van der Waals surface area (Å²) in [4.78, 5) is 6.88. The van der Waals surface area contributed by atoms with Crippen LogP contribution in [0.2, 0.25) is 5.02 Å². The van der Waals surface area contributed by atoms with E-state index in [9.17, 15) is 8.42 Å². The topological polar surface area (TPSA) is 88.3 Å². The standard InChI is InChI=1S/C18H21ClN4O2S2/c1-3-23(4-2)18-21-15-10-12(8-9-16(15)26-18)22-27(24,25)17-7-5-6-14(19)13(17)11-20/h5-10,22H,3-4,11,20H2,1-2H3. The third-order valence-electron chi connectivity index (χ3n) is 4.23. The van der Waals surface area contributed by atoms with Crippen molar-refractivity contribution in [3.8, 4) is 0 Å². The molecule has 0 aliphatic carbocycles. The Balaban J connectivity index is 1.95. The number of anilines is 2. The van der Waals surface area contributed by atoms with Crippen LogP contribution in [0.4, 0.5) is 10.8 Å². The van der Waals surface area contributed by atoms with Crippen LogP contribution >= 0.6 is 22.9 Å². The number of benzene rings is 2. The van der Waals surface area contributed by atoms with Crippen LogP contribution in [0.3, 0.4) is 0 Å². The molecule has 27 heavy (non-hydrogen) atoms. The van der Waals surface area contributed by atoms with E-state index in [4.69, 9.17) is 17.3 Å². The molecule has 0 saturated carbocycles. The normalized spacial score (nSPS) is 11.7. The molecule has 9 heteroatoms. The van der Waals surface area contributed by atoms with Crippen molar-refractivity contribution < 1.29 is 8.42 Å². The molecule has 0 saturated heterocycles. The van der Waals surface area contributed by atoms with Crippen LogP contribution in [0.25, 0.3) is 10.2 Å². The lowest BCUT2D eigenvalue weighted by molar-refractivity contribution is 0.600. The van der Waals surface area contributed by atoms with Crippen LogP contribution in [-0.4, -0.2) is 26.5 Å². The Bertz CT molecular complexity index is 1060. The van der Waals surface area contributed by atoms with Crippen molar-refractivity contribution >= 4 is 54.0 Å². The van der Waals surface area contributed by atoms with Crippen molar-refractivity contribution in [1.82, 2.24) is 4.98 Å². The van der Waals surface area contributed by atoms with E-state index in [1.165, 1.54) is 6.07 Å². The van der Waals surface area contributed by atoms with E-state index in [-0.39, 0.29) is 11.4 Å². The van der Waals surface area contributed by atoms with Crippen LogP contribution in [-0.2, 0) is 16.6 Å². The number of fused-ring (bicyclic) bond motifs is 1. The van der Waals surface area contributed by atoms with Crippen molar-refractivity contribution in [2.45, 2.75) is 25.3 Å². The van der Waals surface area contributed by atoms with Gasteiger partial charge in [-0.3, -0.25) is 4.72 Å². The number of halogens is 1. The Hall–Kier alpha value is -1.87. The molecule has 2 aromatic carbocycles. The molecule has 0 atom stereocenters. The number of aromatic nitrogens is 1. The maximum atomic E-state index is 12.8. The number of sulfonamides is 1. The molecule has 144 valence electrons. The summed E-state index contributed by atoms with van der Waals surface area (Å²) in [5.74, 6) is 0. The minimum atomic E-state index is -3.82. The molecule has 0 aliphatic heterocycles. The van der Waals surface area contributed by atoms with Gasteiger partial charge in [-0.1, -0.05) is 29.0 Å². The molecule has 0 bridgehead atoms. The number of nitrogens with two attached hydrogens (primary N) is 1. The van der Waals surface area contributed by atoms with Gasteiger partial charge in [0.25, 0.3) is 10.0 Å². The number of rotatable bonds is 7. The molecular formula is C18H21ClN4O2S2. The van der Waals surface area contributed by atoms with Crippen LogP contribution in [0.1, 0.15) is 19.4 Å². The van der Waals surface area contributed by atoms with Gasteiger partial charge in [0.15, 0.2) is 5.13 Å². The molecule has 0 unspecified atom stereocenters. The molecule has 3 N–H and O–H groups in total. The molecule has 0 radical (unpaired) electrons. The van der Waals surface area contributed by atoms with E-state index in [1.54, 1.807) is 35.6 Å². The Morgan fingerprint density at radius 2 is 1.96 bits per heavy atom. The molecule has 0 fully saturated rings. The summed E-state index contributed by atoms with van der Waals surface area (Å²) in [5, 5.41) is 1.26. The Labute approximate surface area is 168 Å². The van der Waals surface area contributed by atoms with Gasteiger partial charge in [0.1, 0.15) is 0 Å². The largest absolute Gasteiger partial charge is 0.349 e. The summed E-state index contributed by atoms with van der Waals surface area (Å²) < 4.78 is 29.3. The second-order valence-electron chi connectivity index (χ2n) is 5.88. The van der Waals surface area contributed by atoms with Gasteiger partial charge in [-0.05, 0) is 44.2 Å². The molecule has 0 spiro atoms. The first-order valence-corrected chi connectivity index (χ1v) is 11.2. The SMILES string of the molecule is CCN(CC)c1nc2cc(NS(=O)(=O)c3cccc(Cl)c3CN)ccc2s1. The van der Waals surface area contributed by atoms with Crippen molar-refractivity contribution in [3.05, 3.63) is 47.0 Å².